The van der Waals surface area contributed by atoms with Gasteiger partial charge in [-0.2, -0.15) is 5.26 Å². The van der Waals surface area contributed by atoms with E-state index in [1.54, 1.807) is 6.07 Å². The van der Waals surface area contributed by atoms with E-state index in [9.17, 15) is 13.2 Å². The predicted octanol–water partition coefficient (Wildman–Crippen LogP) is -0.364. The Morgan fingerprint density at radius 3 is 2.80 bits per heavy atom. The number of carbonyl (C=O) groups is 1. The van der Waals surface area contributed by atoms with Gasteiger partial charge in [-0.05, 0) is 12.8 Å². The Bertz CT molecular complexity index is 384. The van der Waals surface area contributed by atoms with Crippen LogP contribution in [0.4, 0.5) is 0 Å². The third-order valence-electron chi connectivity index (χ3n) is 2.37. The van der Waals surface area contributed by atoms with Crippen molar-refractivity contribution in [1.29, 1.82) is 5.26 Å². The molecule has 0 aliphatic carbocycles. The van der Waals surface area contributed by atoms with Gasteiger partial charge in [-0.15, -0.1) is 0 Å². The quantitative estimate of drug-likeness (QED) is 0.716. The lowest BCUT2D eigenvalue weighted by atomic mass is 10.0. The Labute approximate surface area is 88.2 Å². The molecule has 1 rings (SSSR count). The van der Waals surface area contributed by atoms with E-state index in [2.05, 4.69) is 0 Å². The molecule has 1 atom stereocenters. The van der Waals surface area contributed by atoms with Gasteiger partial charge < -0.3 is 5.11 Å². The molecule has 1 heterocycles. The molecular formula is C8H12N2O4S. The summed E-state index contributed by atoms with van der Waals surface area (Å²) >= 11 is 0. The lowest BCUT2D eigenvalue weighted by Gasteiger charge is -2.28. The van der Waals surface area contributed by atoms with E-state index < -0.39 is 27.7 Å². The minimum Gasteiger partial charge on any atom is -0.481 e. The monoisotopic (exact) mass is 232 g/mol. The standard InChI is InChI=1S/C8H12N2O4S/c9-3-5-15(13,14)10-4-1-2-7(6-10)8(11)12/h7H,1-2,4-6H2,(H,11,12)/t7-/m1/s1. The van der Waals surface area contributed by atoms with Gasteiger partial charge in [-0.25, -0.2) is 12.7 Å². The summed E-state index contributed by atoms with van der Waals surface area (Å²) in [5, 5.41) is 17.1. The Kier molecular flexibility index (Phi) is 3.66. The van der Waals surface area contributed by atoms with Crippen LogP contribution in [0.15, 0.2) is 0 Å². The highest BCUT2D eigenvalue weighted by molar-refractivity contribution is 7.89. The van der Waals surface area contributed by atoms with Crippen molar-refractivity contribution in [3.63, 3.8) is 0 Å². The molecule has 0 aromatic heterocycles. The molecule has 15 heavy (non-hydrogen) atoms. The maximum atomic E-state index is 11.5. The van der Waals surface area contributed by atoms with Crippen LogP contribution in [0.5, 0.6) is 0 Å². The average molecular weight is 232 g/mol. The van der Waals surface area contributed by atoms with Crippen LogP contribution in [-0.4, -0.2) is 42.6 Å². The second kappa shape index (κ2) is 4.59. The van der Waals surface area contributed by atoms with Gasteiger partial charge in [0, 0.05) is 13.1 Å². The summed E-state index contributed by atoms with van der Waals surface area (Å²) in [5.41, 5.74) is 0. The Morgan fingerprint density at radius 2 is 2.27 bits per heavy atom. The van der Waals surface area contributed by atoms with Gasteiger partial charge in [0.2, 0.25) is 10.0 Å². The van der Waals surface area contributed by atoms with Gasteiger partial charge in [0.1, 0.15) is 0 Å². The van der Waals surface area contributed by atoms with Gasteiger partial charge in [0.05, 0.1) is 12.0 Å². The Morgan fingerprint density at radius 1 is 1.60 bits per heavy atom. The van der Waals surface area contributed by atoms with Gasteiger partial charge in [0.25, 0.3) is 0 Å². The van der Waals surface area contributed by atoms with E-state index >= 15 is 0 Å². The number of carboxylic acids is 1. The van der Waals surface area contributed by atoms with Crippen LogP contribution >= 0.6 is 0 Å². The molecule has 1 N–H and O–H groups in total. The van der Waals surface area contributed by atoms with Gasteiger partial charge >= 0.3 is 5.97 Å². The van der Waals surface area contributed by atoms with E-state index in [4.69, 9.17) is 10.4 Å². The van der Waals surface area contributed by atoms with Crippen molar-refractivity contribution in [2.75, 3.05) is 18.8 Å². The number of piperidine rings is 1. The normalized spacial score (nSPS) is 23.3. The summed E-state index contributed by atoms with van der Waals surface area (Å²) in [6.07, 6.45) is 1.02. The van der Waals surface area contributed by atoms with Crippen molar-refractivity contribution in [2.45, 2.75) is 12.8 Å². The molecule has 0 amide bonds. The summed E-state index contributed by atoms with van der Waals surface area (Å²) in [7, 11) is -3.59. The molecule has 1 aliphatic rings. The highest BCUT2D eigenvalue weighted by Gasteiger charge is 2.31. The number of sulfonamides is 1. The van der Waals surface area contributed by atoms with Crippen molar-refractivity contribution in [1.82, 2.24) is 4.31 Å². The first-order chi connectivity index (χ1) is 6.97. The zero-order valence-electron chi connectivity index (χ0n) is 8.09. The first-order valence-electron chi connectivity index (χ1n) is 4.55. The van der Waals surface area contributed by atoms with Crippen LogP contribution in [-0.2, 0) is 14.8 Å². The topological polar surface area (TPSA) is 98.5 Å². The zero-order chi connectivity index (χ0) is 11.5. The number of nitriles is 1. The van der Waals surface area contributed by atoms with E-state index in [-0.39, 0.29) is 6.54 Å². The fraction of sp³-hybridized carbons (Fsp3) is 0.750. The summed E-state index contributed by atoms with van der Waals surface area (Å²) in [6, 6.07) is 1.57. The largest absolute Gasteiger partial charge is 0.481 e. The number of hydrogen-bond donors (Lipinski definition) is 1. The number of aliphatic carboxylic acids is 1. The fourth-order valence-electron chi connectivity index (χ4n) is 1.57. The highest BCUT2D eigenvalue weighted by atomic mass is 32.2. The third-order valence-corrected chi connectivity index (χ3v) is 3.99. The number of nitrogens with zero attached hydrogens (tertiary/aromatic N) is 2. The van der Waals surface area contributed by atoms with Crippen molar-refractivity contribution in [3.8, 4) is 6.07 Å². The molecule has 0 aromatic rings. The predicted molar refractivity (Wildman–Crippen MR) is 51.3 cm³/mol. The molecule has 1 aliphatic heterocycles. The van der Waals surface area contributed by atoms with Crippen LogP contribution in [0.2, 0.25) is 0 Å². The summed E-state index contributed by atoms with van der Waals surface area (Å²) in [6.45, 7) is 0.299. The fourth-order valence-corrected chi connectivity index (χ4v) is 2.73. The molecule has 0 radical (unpaired) electrons. The third kappa shape index (κ3) is 2.91. The molecule has 0 aromatic carbocycles. The molecule has 1 saturated heterocycles. The van der Waals surface area contributed by atoms with E-state index in [1.165, 1.54) is 0 Å². The number of carboxylic acid groups (broad SMARTS) is 1. The van der Waals surface area contributed by atoms with Gasteiger partial charge in [-0.1, -0.05) is 0 Å². The molecule has 7 heteroatoms. The molecule has 0 saturated carbocycles. The summed E-state index contributed by atoms with van der Waals surface area (Å²) in [5.74, 6) is -2.21. The van der Waals surface area contributed by atoms with Gasteiger partial charge in [-0.3, -0.25) is 4.79 Å². The van der Waals surface area contributed by atoms with Crippen LogP contribution in [0.3, 0.4) is 0 Å². The highest BCUT2D eigenvalue weighted by Crippen LogP contribution is 2.19. The van der Waals surface area contributed by atoms with E-state index in [1.807, 2.05) is 0 Å². The minimum absolute atomic E-state index is 0.0145. The SMILES string of the molecule is N#CCS(=O)(=O)N1CCC[C@@H](C(=O)O)C1. The first-order valence-corrected chi connectivity index (χ1v) is 6.16. The second-order valence-electron chi connectivity index (χ2n) is 3.45. The van der Waals surface area contributed by atoms with Gasteiger partial charge in [0.15, 0.2) is 5.75 Å². The Hall–Kier alpha value is -1.13. The number of rotatable bonds is 3. The van der Waals surface area contributed by atoms with E-state index in [0.717, 1.165) is 4.31 Å². The van der Waals surface area contributed by atoms with Crippen LogP contribution in [0.25, 0.3) is 0 Å². The maximum Gasteiger partial charge on any atom is 0.307 e. The first kappa shape index (κ1) is 11.9. The number of hydrogen-bond acceptors (Lipinski definition) is 4. The Balaban J connectivity index is 2.73. The van der Waals surface area contributed by atoms with E-state index in [0.29, 0.717) is 19.4 Å². The van der Waals surface area contributed by atoms with Crippen molar-refractivity contribution in [3.05, 3.63) is 0 Å². The van der Waals surface area contributed by atoms with Crippen LogP contribution in [0.1, 0.15) is 12.8 Å². The molecular weight excluding hydrogens is 220 g/mol. The van der Waals surface area contributed by atoms with Crippen LogP contribution < -0.4 is 0 Å². The zero-order valence-corrected chi connectivity index (χ0v) is 8.90. The van der Waals surface area contributed by atoms with Crippen LogP contribution in [0, 0.1) is 17.2 Å². The average Bonchev–Trinajstić information content (AvgIpc) is 2.18. The lowest BCUT2D eigenvalue weighted by Crippen LogP contribution is -2.43. The molecule has 0 spiro atoms. The molecule has 6 nitrogen and oxygen atoms in total. The minimum atomic E-state index is -3.59. The van der Waals surface area contributed by atoms with Crippen molar-refractivity contribution < 1.29 is 18.3 Å². The molecule has 0 unspecified atom stereocenters. The lowest BCUT2D eigenvalue weighted by molar-refractivity contribution is -0.142. The second-order valence-corrected chi connectivity index (χ2v) is 5.42. The van der Waals surface area contributed by atoms with Crippen molar-refractivity contribution in [2.24, 2.45) is 5.92 Å². The molecule has 0 bridgehead atoms. The maximum absolute atomic E-state index is 11.5. The summed E-state index contributed by atoms with van der Waals surface area (Å²) < 4.78 is 24.0. The molecule has 84 valence electrons. The summed E-state index contributed by atoms with van der Waals surface area (Å²) in [4.78, 5) is 10.7. The molecule has 1 fully saturated rings. The smallest absolute Gasteiger partial charge is 0.307 e. The van der Waals surface area contributed by atoms with Crippen molar-refractivity contribution >= 4 is 16.0 Å².